The van der Waals surface area contributed by atoms with Gasteiger partial charge in [0.05, 0.1) is 5.69 Å². The number of halogens is 1. The molecule has 0 unspecified atom stereocenters. The number of aromatic nitrogens is 1. The van der Waals surface area contributed by atoms with E-state index in [1.54, 1.807) is 23.1 Å². The van der Waals surface area contributed by atoms with E-state index in [1.165, 1.54) is 12.3 Å². The number of aromatic amines is 1. The minimum Gasteiger partial charge on any atom is -0.356 e. The van der Waals surface area contributed by atoms with E-state index in [0.717, 1.165) is 18.4 Å². The Morgan fingerprint density at radius 2 is 1.96 bits per heavy atom. The van der Waals surface area contributed by atoms with Gasteiger partial charge in [-0.3, -0.25) is 9.52 Å². The number of aryl methyl sites for hydroxylation is 1. The molecule has 3 rings (SSSR count). The fourth-order valence-electron chi connectivity index (χ4n) is 2.61. The zero-order valence-electron chi connectivity index (χ0n) is 13.2. The van der Waals surface area contributed by atoms with Crippen LogP contribution in [-0.2, 0) is 10.0 Å². The molecule has 2 N–H and O–H groups in total. The number of likely N-dealkylation sites (tertiary alicyclic amines) is 1. The lowest BCUT2D eigenvalue weighted by atomic mass is 10.2. The van der Waals surface area contributed by atoms with Crippen LogP contribution in [0.2, 0.25) is 5.02 Å². The first-order valence-corrected chi connectivity index (χ1v) is 9.49. The standard InChI is InChI=1S/C16H18ClN3O3S/c1-11-4-5-12(8-14(11)17)19-24(22,23)13-9-15(18-10-13)16(21)20-6-2-3-7-20/h4-5,8-10,18-19H,2-3,6-7H2,1H3. The van der Waals surface area contributed by atoms with Gasteiger partial charge in [-0.05, 0) is 43.5 Å². The Morgan fingerprint density at radius 1 is 1.25 bits per heavy atom. The van der Waals surface area contributed by atoms with E-state index < -0.39 is 10.0 Å². The number of benzene rings is 1. The molecule has 0 bridgehead atoms. The number of amides is 1. The van der Waals surface area contributed by atoms with Crippen molar-refractivity contribution in [2.75, 3.05) is 17.8 Å². The SMILES string of the molecule is Cc1ccc(NS(=O)(=O)c2c[nH]c(C(=O)N3CCCC3)c2)cc1Cl. The maximum Gasteiger partial charge on any atom is 0.270 e. The Hall–Kier alpha value is -1.99. The van der Waals surface area contributed by atoms with Crippen molar-refractivity contribution in [1.82, 2.24) is 9.88 Å². The molecule has 0 aliphatic carbocycles. The van der Waals surface area contributed by atoms with E-state index >= 15 is 0 Å². The molecular weight excluding hydrogens is 350 g/mol. The molecule has 0 saturated carbocycles. The highest BCUT2D eigenvalue weighted by Gasteiger charge is 2.23. The molecule has 24 heavy (non-hydrogen) atoms. The van der Waals surface area contributed by atoms with Gasteiger partial charge >= 0.3 is 0 Å². The van der Waals surface area contributed by atoms with E-state index in [9.17, 15) is 13.2 Å². The minimum absolute atomic E-state index is 0.0155. The van der Waals surface area contributed by atoms with Gasteiger partial charge in [0.15, 0.2) is 0 Å². The summed E-state index contributed by atoms with van der Waals surface area (Å²) in [4.78, 5) is 16.8. The number of carbonyl (C=O) groups is 1. The number of H-pyrrole nitrogens is 1. The first-order valence-electron chi connectivity index (χ1n) is 7.63. The number of hydrogen-bond donors (Lipinski definition) is 2. The van der Waals surface area contributed by atoms with Crippen molar-refractivity contribution in [3.8, 4) is 0 Å². The number of sulfonamides is 1. The van der Waals surface area contributed by atoms with Gasteiger partial charge in [0.2, 0.25) is 0 Å². The fraction of sp³-hybridized carbons (Fsp3) is 0.312. The average Bonchev–Trinajstić information content (AvgIpc) is 3.21. The summed E-state index contributed by atoms with van der Waals surface area (Å²) in [6.07, 6.45) is 3.28. The van der Waals surface area contributed by atoms with Crippen LogP contribution < -0.4 is 4.72 Å². The van der Waals surface area contributed by atoms with Crippen molar-refractivity contribution in [2.24, 2.45) is 0 Å². The van der Waals surface area contributed by atoms with E-state index in [4.69, 9.17) is 11.6 Å². The lowest BCUT2D eigenvalue weighted by Gasteiger charge is -2.13. The summed E-state index contributed by atoms with van der Waals surface area (Å²) in [5.74, 6) is -0.174. The number of carbonyl (C=O) groups excluding carboxylic acids is 1. The second-order valence-electron chi connectivity index (χ2n) is 5.82. The number of nitrogens with zero attached hydrogens (tertiary/aromatic N) is 1. The lowest BCUT2D eigenvalue weighted by molar-refractivity contribution is 0.0787. The smallest absolute Gasteiger partial charge is 0.270 e. The quantitative estimate of drug-likeness (QED) is 0.871. The second kappa shape index (κ2) is 6.49. The van der Waals surface area contributed by atoms with Gasteiger partial charge < -0.3 is 9.88 Å². The minimum atomic E-state index is -3.79. The highest BCUT2D eigenvalue weighted by molar-refractivity contribution is 7.92. The van der Waals surface area contributed by atoms with Crippen LogP contribution in [0.15, 0.2) is 35.4 Å². The number of anilines is 1. The summed E-state index contributed by atoms with van der Waals surface area (Å²) in [6.45, 7) is 3.25. The molecule has 0 spiro atoms. The molecule has 1 aromatic heterocycles. The van der Waals surface area contributed by atoms with Gasteiger partial charge in [0.25, 0.3) is 15.9 Å². The Kier molecular flexibility index (Phi) is 4.56. The van der Waals surface area contributed by atoms with Crippen molar-refractivity contribution < 1.29 is 13.2 Å². The third-order valence-electron chi connectivity index (χ3n) is 4.01. The van der Waals surface area contributed by atoms with Crippen molar-refractivity contribution in [1.29, 1.82) is 0 Å². The summed E-state index contributed by atoms with van der Waals surface area (Å²) in [6, 6.07) is 6.29. The molecule has 2 heterocycles. The molecule has 1 fully saturated rings. The fourth-order valence-corrected chi connectivity index (χ4v) is 3.84. The Bertz CT molecular complexity index is 870. The van der Waals surface area contributed by atoms with Gasteiger partial charge in [0.1, 0.15) is 10.6 Å². The molecule has 0 atom stereocenters. The van der Waals surface area contributed by atoms with E-state index in [-0.39, 0.29) is 16.5 Å². The van der Waals surface area contributed by atoms with Crippen LogP contribution in [0.1, 0.15) is 28.9 Å². The molecular formula is C16H18ClN3O3S. The largest absolute Gasteiger partial charge is 0.356 e. The Morgan fingerprint density at radius 3 is 2.62 bits per heavy atom. The third-order valence-corrected chi connectivity index (χ3v) is 5.78. The lowest BCUT2D eigenvalue weighted by Crippen LogP contribution is -2.27. The normalized spacial score (nSPS) is 14.8. The molecule has 6 nitrogen and oxygen atoms in total. The van der Waals surface area contributed by atoms with Crippen LogP contribution in [0.3, 0.4) is 0 Å². The zero-order valence-corrected chi connectivity index (χ0v) is 14.7. The monoisotopic (exact) mass is 367 g/mol. The number of rotatable bonds is 4. The summed E-state index contributed by atoms with van der Waals surface area (Å²) >= 11 is 6.02. The first kappa shape index (κ1) is 16.9. The van der Waals surface area contributed by atoms with Crippen molar-refractivity contribution in [3.63, 3.8) is 0 Å². The van der Waals surface area contributed by atoms with E-state index in [2.05, 4.69) is 9.71 Å². The topological polar surface area (TPSA) is 82.3 Å². The van der Waals surface area contributed by atoms with Gasteiger partial charge in [-0.2, -0.15) is 0 Å². The van der Waals surface area contributed by atoms with Gasteiger partial charge in [-0.1, -0.05) is 17.7 Å². The molecule has 2 aromatic rings. The summed E-state index contributed by atoms with van der Waals surface area (Å²) < 4.78 is 27.4. The van der Waals surface area contributed by atoms with Crippen LogP contribution >= 0.6 is 11.6 Å². The zero-order chi connectivity index (χ0) is 17.3. The second-order valence-corrected chi connectivity index (χ2v) is 7.91. The molecule has 0 radical (unpaired) electrons. The molecule has 1 aromatic carbocycles. The molecule has 1 amide bonds. The molecule has 1 saturated heterocycles. The molecule has 128 valence electrons. The van der Waals surface area contributed by atoms with E-state index in [1.807, 2.05) is 6.92 Å². The van der Waals surface area contributed by atoms with Crippen molar-refractivity contribution in [2.45, 2.75) is 24.7 Å². The first-order chi connectivity index (χ1) is 11.4. The van der Waals surface area contributed by atoms with E-state index in [0.29, 0.717) is 23.8 Å². The van der Waals surface area contributed by atoms with Crippen LogP contribution in [-0.4, -0.2) is 37.3 Å². The Balaban J connectivity index is 1.79. The van der Waals surface area contributed by atoms with Crippen LogP contribution in [0.25, 0.3) is 0 Å². The highest BCUT2D eigenvalue weighted by Crippen LogP contribution is 2.23. The van der Waals surface area contributed by atoms with Gasteiger partial charge in [-0.15, -0.1) is 0 Å². The predicted molar refractivity (Wildman–Crippen MR) is 92.9 cm³/mol. The van der Waals surface area contributed by atoms with Crippen LogP contribution in [0, 0.1) is 6.92 Å². The van der Waals surface area contributed by atoms with Gasteiger partial charge in [-0.25, -0.2) is 8.42 Å². The molecule has 1 aliphatic rings. The number of nitrogens with one attached hydrogen (secondary N) is 2. The van der Waals surface area contributed by atoms with Crippen molar-refractivity contribution in [3.05, 3.63) is 46.7 Å². The summed E-state index contributed by atoms with van der Waals surface area (Å²) in [5, 5.41) is 0.481. The van der Waals surface area contributed by atoms with Gasteiger partial charge in [0, 0.05) is 24.3 Å². The number of hydrogen-bond acceptors (Lipinski definition) is 3. The average molecular weight is 368 g/mol. The van der Waals surface area contributed by atoms with Crippen LogP contribution in [0.4, 0.5) is 5.69 Å². The third kappa shape index (κ3) is 3.42. The van der Waals surface area contributed by atoms with Crippen LogP contribution in [0.5, 0.6) is 0 Å². The summed E-state index contributed by atoms with van der Waals surface area (Å²) in [7, 11) is -3.79. The Labute approximate surface area is 145 Å². The predicted octanol–water partition coefficient (Wildman–Crippen LogP) is 3.01. The highest BCUT2D eigenvalue weighted by atomic mass is 35.5. The summed E-state index contributed by atoms with van der Waals surface area (Å²) in [5.41, 5.74) is 1.51. The maximum absolute atomic E-state index is 12.5. The molecule has 1 aliphatic heterocycles. The molecule has 8 heteroatoms. The van der Waals surface area contributed by atoms with Crippen molar-refractivity contribution >= 4 is 33.2 Å². The maximum atomic E-state index is 12.5.